The Labute approximate surface area is 121 Å². The Kier molecular flexibility index (Phi) is 7.34. The van der Waals surface area contributed by atoms with Crippen LogP contribution in [0.15, 0.2) is 17.5 Å². The molecule has 0 aliphatic carbocycles. The van der Waals surface area contributed by atoms with Gasteiger partial charge in [-0.05, 0) is 17.9 Å². The third-order valence-electron chi connectivity index (χ3n) is 2.49. The molecule has 0 unspecified atom stereocenters. The van der Waals surface area contributed by atoms with Crippen LogP contribution in [-0.2, 0) is 14.3 Å². The molecule has 0 aliphatic rings. The minimum absolute atomic E-state index is 0.119. The number of carbonyl (C=O) groups is 3. The molecule has 0 bridgehead atoms. The third-order valence-corrected chi connectivity index (χ3v) is 3.36. The van der Waals surface area contributed by atoms with Crippen molar-refractivity contribution in [3.63, 3.8) is 0 Å². The van der Waals surface area contributed by atoms with Crippen LogP contribution in [0.3, 0.4) is 0 Å². The SMILES string of the molecule is COC(=O)CCNC(=O)CCCNC(=O)c1cccs1. The molecule has 110 valence electrons. The Bertz CT molecular complexity index is 445. The molecule has 0 radical (unpaired) electrons. The number of carbonyl (C=O) groups excluding carboxylic acids is 3. The highest BCUT2D eigenvalue weighted by Crippen LogP contribution is 2.07. The first-order valence-electron chi connectivity index (χ1n) is 6.28. The van der Waals surface area contributed by atoms with Gasteiger partial charge in [-0.25, -0.2) is 0 Å². The first-order chi connectivity index (χ1) is 9.63. The van der Waals surface area contributed by atoms with E-state index in [2.05, 4.69) is 15.4 Å². The molecule has 6 nitrogen and oxygen atoms in total. The largest absolute Gasteiger partial charge is 0.469 e. The van der Waals surface area contributed by atoms with Crippen molar-refractivity contribution in [2.45, 2.75) is 19.3 Å². The second-order valence-electron chi connectivity index (χ2n) is 4.01. The minimum Gasteiger partial charge on any atom is -0.469 e. The van der Waals surface area contributed by atoms with E-state index >= 15 is 0 Å². The van der Waals surface area contributed by atoms with Crippen molar-refractivity contribution in [1.29, 1.82) is 0 Å². The van der Waals surface area contributed by atoms with E-state index in [0.717, 1.165) is 0 Å². The fourth-order valence-electron chi connectivity index (χ4n) is 1.44. The molecule has 1 rings (SSSR count). The van der Waals surface area contributed by atoms with Gasteiger partial charge in [-0.3, -0.25) is 14.4 Å². The average Bonchev–Trinajstić information content (AvgIpc) is 2.97. The van der Waals surface area contributed by atoms with E-state index in [-0.39, 0.29) is 30.7 Å². The Morgan fingerprint density at radius 2 is 2.00 bits per heavy atom. The van der Waals surface area contributed by atoms with Gasteiger partial charge in [-0.15, -0.1) is 11.3 Å². The van der Waals surface area contributed by atoms with Crippen LogP contribution < -0.4 is 10.6 Å². The van der Waals surface area contributed by atoms with Crippen molar-refractivity contribution >= 4 is 29.1 Å². The number of thiophene rings is 1. The first-order valence-corrected chi connectivity index (χ1v) is 7.16. The Balaban J connectivity index is 2.04. The lowest BCUT2D eigenvalue weighted by atomic mass is 10.3. The van der Waals surface area contributed by atoms with Gasteiger partial charge in [-0.1, -0.05) is 6.07 Å². The number of hydrogen-bond donors (Lipinski definition) is 2. The highest BCUT2D eigenvalue weighted by Gasteiger charge is 2.06. The highest BCUT2D eigenvalue weighted by atomic mass is 32.1. The molecule has 1 aromatic rings. The van der Waals surface area contributed by atoms with Crippen molar-refractivity contribution in [2.24, 2.45) is 0 Å². The minimum atomic E-state index is -0.353. The lowest BCUT2D eigenvalue weighted by Crippen LogP contribution is -2.28. The zero-order chi connectivity index (χ0) is 14.8. The van der Waals surface area contributed by atoms with Gasteiger partial charge in [0.05, 0.1) is 18.4 Å². The summed E-state index contributed by atoms with van der Waals surface area (Å²) in [5.41, 5.74) is 0. The van der Waals surface area contributed by atoms with E-state index in [1.165, 1.54) is 18.4 Å². The summed E-state index contributed by atoms with van der Waals surface area (Å²) in [6.07, 6.45) is 1.03. The second-order valence-corrected chi connectivity index (χ2v) is 4.96. The number of methoxy groups -OCH3 is 1. The maximum absolute atomic E-state index is 11.6. The molecule has 2 amide bonds. The molecule has 20 heavy (non-hydrogen) atoms. The summed E-state index contributed by atoms with van der Waals surface area (Å²) in [6.45, 7) is 0.716. The first kappa shape index (κ1) is 16.2. The number of esters is 1. The monoisotopic (exact) mass is 298 g/mol. The van der Waals surface area contributed by atoms with Crippen LogP contribution in [0.5, 0.6) is 0 Å². The van der Waals surface area contributed by atoms with E-state index in [1.54, 1.807) is 6.07 Å². The van der Waals surface area contributed by atoms with Gasteiger partial charge < -0.3 is 15.4 Å². The van der Waals surface area contributed by atoms with Crippen LogP contribution in [0.25, 0.3) is 0 Å². The number of ether oxygens (including phenoxy) is 1. The predicted molar refractivity (Wildman–Crippen MR) is 75.5 cm³/mol. The molecule has 1 aromatic heterocycles. The Morgan fingerprint density at radius 1 is 1.20 bits per heavy atom. The van der Waals surface area contributed by atoms with Crippen LogP contribution in [-0.4, -0.2) is 38.0 Å². The molecule has 1 heterocycles. The van der Waals surface area contributed by atoms with Gasteiger partial charge in [0.1, 0.15) is 0 Å². The molecule has 0 fully saturated rings. The molecule has 7 heteroatoms. The standard InChI is InChI=1S/C13H18N2O4S/c1-19-12(17)6-8-14-11(16)5-2-7-15-13(18)10-4-3-9-20-10/h3-4,9H,2,5-8H2,1H3,(H,14,16)(H,15,18). The summed E-state index contributed by atoms with van der Waals surface area (Å²) in [4.78, 5) is 34.5. The normalized spacial score (nSPS) is 9.85. The van der Waals surface area contributed by atoms with E-state index in [0.29, 0.717) is 24.3 Å². The summed E-state index contributed by atoms with van der Waals surface area (Å²) >= 11 is 1.38. The van der Waals surface area contributed by atoms with Crippen molar-refractivity contribution in [1.82, 2.24) is 10.6 Å². The van der Waals surface area contributed by atoms with Gasteiger partial charge in [-0.2, -0.15) is 0 Å². The van der Waals surface area contributed by atoms with Crippen LogP contribution in [0.1, 0.15) is 28.9 Å². The molecule has 0 aromatic carbocycles. The molecule has 0 spiro atoms. The van der Waals surface area contributed by atoms with Gasteiger partial charge in [0.2, 0.25) is 5.91 Å². The Hall–Kier alpha value is -1.89. The maximum Gasteiger partial charge on any atom is 0.307 e. The lowest BCUT2D eigenvalue weighted by Gasteiger charge is -2.05. The summed E-state index contributed by atoms with van der Waals surface area (Å²) in [6, 6.07) is 3.56. The van der Waals surface area contributed by atoms with Crippen molar-refractivity contribution in [3.05, 3.63) is 22.4 Å². The van der Waals surface area contributed by atoms with E-state index in [4.69, 9.17) is 0 Å². The van der Waals surface area contributed by atoms with Crippen LogP contribution >= 0.6 is 11.3 Å². The van der Waals surface area contributed by atoms with Crippen LogP contribution in [0.4, 0.5) is 0 Å². The summed E-state index contributed by atoms with van der Waals surface area (Å²) in [7, 11) is 1.31. The predicted octanol–water partition coefficient (Wildman–Crippen LogP) is 0.937. The van der Waals surface area contributed by atoms with Gasteiger partial charge in [0.25, 0.3) is 5.91 Å². The zero-order valence-corrected chi connectivity index (χ0v) is 12.1. The zero-order valence-electron chi connectivity index (χ0n) is 11.3. The fraction of sp³-hybridized carbons (Fsp3) is 0.462. The highest BCUT2D eigenvalue weighted by molar-refractivity contribution is 7.12. The number of amides is 2. The molecule has 0 aliphatic heterocycles. The van der Waals surface area contributed by atoms with Crippen LogP contribution in [0.2, 0.25) is 0 Å². The van der Waals surface area contributed by atoms with Gasteiger partial charge >= 0.3 is 5.97 Å². The molecule has 2 N–H and O–H groups in total. The second kappa shape index (κ2) is 9.08. The smallest absolute Gasteiger partial charge is 0.307 e. The van der Waals surface area contributed by atoms with Gasteiger partial charge in [0, 0.05) is 19.5 Å². The summed E-state index contributed by atoms with van der Waals surface area (Å²) in [5.74, 6) is -0.612. The topological polar surface area (TPSA) is 84.5 Å². The number of nitrogens with one attached hydrogen (secondary N) is 2. The fourth-order valence-corrected chi connectivity index (χ4v) is 2.08. The van der Waals surface area contributed by atoms with E-state index in [9.17, 15) is 14.4 Å². The summed E-state index contributed by atoms with van der Waals surface area (Å²) in [5, 5.41) is 7.19. The molecular formula is C13H18N2O4S. The third kappa shape index (κ3) is 6.33. The molecule has 0 saturated carbocycles. The average molecular weight is 298 g/mol. The van der Waals surface area contributed by atoms with Crippen molar-refractivity contribution in [3.8, 4) is 0 Å². The molecule has 0 atom stereocenters. The van der Waals surface area contributed by atoms with Crippen molar-refractivity contribution < 1.29 is 19.1 Å². The number of hydrogen-bond acceptors (Lipinski definition) is 5. The van der Waals surface area contributed by atoms with Crippen LogP contribution in [0, 0.1) is 0 Å². The quantitative estimate of drug-likeness (QED) is 0.552. The maximum atomic E-state index is 11.6. The van der Waals surface area contributed by atoms with Crippen molar-refractivity contribution in [2.75, 3.05) is 20.2 Å². The lowest BCUT2D eigenvalue weighted by molar-refractivity contribution is -0.140. The van der Waals surface area contributed by atoms with E-state index < -0.39 is 0 Å². The Morgan fingerprint density at radius 3 is 2.65 bits per heavy atom. The van der Waals surface area contributed by atoms with Gasteiger partial charge in [0.15, 0.2) is 0 Å². The molecular weight excluding hydrogens is 280 g/mol. The summed E-state index contributed by atoms with van der Waals surface area (Å²) < 4.78 is 4.46. The number of rotatable bonds is 8. The van der Waals surface area contributed by atoms with E-state index in [1.807, 2.05) is 11.4 Å². The molecule has 0 saturated heterocycles.